The van der Waals surface area contributed by atoms with Crippen molar-refractivity contribution in [2.45, 2.75) is 12.5 Å². The Morgan fingerprint density at radius 2 is 1.82 bits per heavy atom. The molecule has 10 heteroatoms. The molecule has 2 aromatic carbocycles. The zero-order chi connectivity index (χ0) is 20.7. The van der Waals surface area contributed by atoms with Crippen molar-refractivity contribution in [3.05, 3.63) is 63.9 Å². The number of primary amides is 1. The van der Waals surface area contributed by atoms with Gasteiger partial charge in [0.15, 0.2) is 6.61 Å². The molecule has 7 nitrogen and oxygen atoms in total. The van der Waals surface area contributed by atoms with Crippen molar-refractivity contribution in [1.82, 2.24) is 5.32 Å². The highest BCUT2D eigenvalue weighted by molar-refractivity contribution is 6.33. The van der Waals surface area contributed by atoms with Gasteiger partial charge >= 0.3 is 12.0 Å². The van der Waals surface area contributed by atoms with Crippen LogP contribution in [0, 0.1) is 5.82 Å². The van der Waals surface area contributed by atoms with E-state index in [1.54, 1.807) is 24.3 Å². The quantitative estimate of drug-likeness (QED) is 0.587. The number of urea groups is 1. The zero-order valence-electron chi connectivity index (χ0n) is 14.4. The summed E-state index contributed by atoms with van der Waals surface area (Å²) in [5.74, 6) is -1.99. The molecule has 28 heavy (non-hydrogen) atoms. The first-order chi connectivity index (χ1) is 13.3. The molecule has 0 aliphatic heterocycles. The van der Waals surface area contributed by atoms with Crippen LogP contribution in [0.1, 0.15) is 18.0 Å². The average Bonchev–Trinajstić information content (AvgIpc) is 2.62. The van der Waals surface area contributed by atoms with Crippen LogP contribution in [0.15, 0.2) is 42.5 Å². The highest BCUT2D eigenvalue weighted by Gasteiger charge is 2.21. The van der Waals surface area contributed by atoms with Crippen LogP contribution in [0.25, 0.3) is 0 Å². The second kappa shape index (κ2) is 9.91. The fraction of sp³-hybridized carbons (Fsp3) is 0.167. The van der Waals surface area contributed by atoms with Gasteiger partial charge in [0, 0.05) is 5.02 Å². The van der Waals surface area contributed by atoms with E-state index >= 15 is 0 Å². The smallest absolute Gasteiger partial charge is 0.312 e. The maximum Gasteiger partial charge on any atom is 0.312 e. The summed E-state index contributed by atoms with van der Waals surface area (Å²) < 4.78 is 17.9. The fourth-order valence-electron chi connectivity index (χ4n) is 2.32. The Bertz CT molecular complexity index is 895. The van der Waals surface area contributed by atoms with E-state index in [0.717, 1.165) is 12.1 Å². The van der Waals surface area contributed by atoms with E-state index in [1.165, 1.54) is 6.07 Å². The second-order valence-corrected chi connectivity index (χ2v) is 6.43. The minimum atomic E-state index is -0.846. The third-order valence-electron chi connectivity index (χ3n) is 3.54. The van der Waals surface area contributed by atoms with Crippen molar-refractivity contribution >= 4 is 46.8 Å². The van der Waals surface area contributed by atoms with Crippen molar-refractivity contribution in [3.63, 3.8) is 0 Å². The van der Waals surface area contributed by atoms with E-state index in [2.05, 4.69) is 10.6 Å². The van der Waals surface area contributed by atoms with Gasteiger partial charge in [-0.25, -0.2) is 9.18 Å². The topological polar surface area (TPSA) is 111 Å². The van der Waals surface area contributed by atoms with Crippen LogP contribution in [-0.2, 0) is 14.3 Å². The van der Waals surface area contributed by atoms with Crippen LogP contribution in [0.3, 0.4) is 0 Å². The van der Waals surface area contributed by atoms with E-state index in [-0.39, 0.29) is 17.1 Å². The SMILES string of the molecule is NC(=O)NC(CC(=O)OCC(=O)Nc1ccc(F)cc1Cl)c1ccccc1Cl. The molecule has 0 saturated heterocycles. The lowest BCUT2D eigenvalue weighted by Crippen LogP contribution is -2.35. The molecule has 3 amide bonds. The number of carbonyl (C=O) groups excluding carboxylic acids is 3. The number of amides is 3. The lowest BCUT2D eigenvalue weighted by Gasteiger charge is -2.18. The van der Waals surface area contributed by atoms with Crippen LogP contribution >= 0.6 is 23.2 Å². The van der Waals surface area contributed by atoms with E-state index < -0.39 is 36.4 Å². The average molecular weight is 428 g/mol. The summed E-state index contributed by atoms with van der Waals surface area (Å²) >= 11 is 11.9. The highest BCUT2D eigenvalue weighted by atomic mass is 35.5. The number of ether oxygens (including phenoxy) is 1. The molecular formula is C18H16Cl2FN3O4. The highest BCUT2D eigenvalue weighted by Crippen LogP contribution is 2.25. The minimum Gasteiger partial charge on any atom is -0.455 e. The van der Waals surface area contributed by atoms with Crippen LogP contribution in [-0.4, -0.2) is 24.5 Å². The van der Waals surface area contributed by atoms with Gasteiger partial charge in [0.05, 0.1) is 23.2 Å². The Labute approximate surface area is 169 Å². The summed E-state index contributed by atoms with van der Waals surface area (Å²) in [5.41, 5.74) is 5.79. The van der Waals surface area contributed by atoms with Crippen LogP contribution in [0.2, 0.25) is 10.0 Å². The van der Waals surface area contributed by atoms with Gasteiger partial charge in [-0.3, -0.25) is 9.59 Å². The largest absolute Gasteiger partial charge is 0.455 e. The minimum absolute atomic E-state index is 0.00381. The molecule has 4 N–H and O–H groups in total. The second-order valence-electron chi connectivity index (χ2n) is 5.62. The number of hydrogen-bond donors (Lipinski definition) is 3. The van der Waals surface area contributed by atoms with Gasteiger partial charge in [-0.05, 0) is 29.8 Å². The number of nitrogens with one attached hydrogen (secondary N) is 2. The predicted octanol–water partition coefficient (Wildman–Crippen LogP) is 3.41. The van der Waals surface area contributed by atoms with Gasteiger partial charge in [-0.2, -0.15) is 0 Å². The zero-order valence-corrected chi connectivity index (χ0v) is 15.9. The molecule has 0 aliphatic rings. The normalized spacial score (nSPS) is 11.4. The molecule has 0 radical (unpaired) electrons. The summed E-state index contributed by atoms with van der Waals surface area (Å²) in [6.45, 7) is -0.599. The monoisotopic (exact) mass is 427 g/mol. The molecule has 0 spiro atoms. The summed E-state index contributed by atoms with van der Waals surface area (Å²) in [7, 11) is 0. The van der Waals surface area contributed by atoms with Crippen LogP contribution in [0.5, 0.6) is 0 Å². The number of halogens is 3. The van der Waals surface area contributed by atoms with E-state index in [0.29, 0.717) is 10.6 Å². The van der Waals surface area contributed by atoms with Crippen molar-refractivity contribution in [2.75, 3.05) is 11.9 Å². The van der Waals surface area contributed by atoms with Crippen molar-refractivity contribution < 1.29 is 23.5 Å². The van der Waals surface area contributed by atoms with Crippen molar-refractivity contribution in [1.29, 1.82) is 0 Å². The van der Waals surface area contributed by atoms with E-state index in [4.69, 9.17) is 33.7 Å². The Balaban J connectivity index is 1.94. The molecule has 148 valence electrons. The lowest BCUT2D eigenvalue weighted by atomic mass is 10.0. The van der Waals surface area contributed by atoms with Gasteiger partial charge in [-0.1, -0.05) is 41.4 Å². The molecule has 0 heterocycles. The number of esters is 1. The summed E-state index contributed by atoms with van der Waals surface area (Å²) in [6, 6.07) is 8.36. The number of nitrogens with two attached hydrogens (primary N) is 1. The Morgan fingerprint density at radius 3 is 2.46 bits per heavy atom. The van der Waals surface area contributed by atoms with Crippen molar-refractivity contribution in [3.8, 4) is 0 Å². The molecular weight excluding hydrogens is 412 g/mol. The Morgan fingerprint density at radius 1 is 1.11 bits per heavy atom. The number of hydrogen-bond acceptors (Lipinski definition) is 4. The first-order valence-electron chi connectivity index (χ1n) is 7.97. The van der Waals surface area contributed by atoms with Crippen LogP contribution < -0.4 is 16.4 Å². The number of anilines is 1. The lowest BCUT2D eigenvalue weighted by molar-refractivity contribution is -0.147. The Hall–Kier alpha value is -2.84. The van der Waals surface area contributed by atoms with Gasteiger partial charge in [-0.15, -0.1) is 0 Å². The maximum atomic E-state index is 13.0. The van der Waals surface area contributed by atoms with Gasteiger partial charge in [0.25, 0.3) is 5.91 Å². The first-order valence-corrected chi connectivity index (χ1v) is 8.72. The molecule has 1 unspecified atom stereocenters. The standard InChI is InChI=1S/C18H16Cl2FN3O4/c19-12-4-2-1-3-11(12)15(24-18(22)27)8-17(26)28-9-16(25)23-14-6-5-10(21)7-13(14)20/h1-7,15H,8-9H2,(H,23,25)(H3,22,24,27). The van der Waals surface area contributed by atoms with Crippen molar-refractivity contribution in [2.24, 2.45) is 5.73 Å². The molecule has 2 rings (SSSR count). The van der Waals surface area contributed by atoms with Gasteiger partial charge in [0.2, 0.25) is 0 Å². The number of rotatable bonds is 7. The molecule has 0 aromatic heterocycles. The molecule has 0 saturated carbocycles. The molecule has 2 aromatic rings. The summed E-state index contributed by atoms with van der Waals surface area (Å²) in [5, 5.41) is 5.14. The molecule has 0 bridgehead atoms. The number of carbonyl (C=O) groups is 3. The number of benzene rings is 2. The molecule has 0 fully saturated rings. The molecule has 0 aliphatic carbocycles. The Kier molecular flexibility index (Phi) is 7.60. The van der Waals surface area contributed by atoms with Gasteiger partial charge in [0.1, 0.15) is 5.82 Å². The van der Waals surface area contributed by atoms with E-state index in [9.17, 15) is 18.8 Å². The third kappa shape index (κ3) is 6.40. The first kappa shape index (κ1) is 21.5. The summed E-state index contributed by atoms with van der Waals surface area (Å²) in [4.78, 5) is 35.2. The van der Waals surface area contributed by atoms with Gasteiger partial charge < -0.3 is 21.1 Å². The fourth-order valence-corrected chi connectivity index (χ4v) is 2.80. The maximum absolute atomic E-state index is 13.0. The van der Waals surface area contributed by atoms with E-state index in [1.807, 2.05) is 0 Å². The van der Waals surface area contributed by atoms with Crippen LogP contribution in [0.4, 0.5) is 14.9 Å². The predicted molar refractivity (Wildman–Crippen MR) is 103 cm³/mol. The molecule has 1 atom stereocenters. The summed E-state index contributed by atoms with van der Waals surface area (Å²) in [6.07, 6.45) is -0.294. The third-order valence-corrected chi connectivity index (χ3v) is 4.19.